The van der Waals surface area contributed by atoms with Gasteiger partial charge in [0.15, 0.2) is 0 Å². The summed E-state index contributed by atoms with van der Waals surface area (Å²) < 4.78 is 0. The molecule has 2 fully saturated rings. The molecule has 128 valence electrons. The molecule has 24 heavy (non-hydrogen) atoms. The normalized spacial score (nSPS) is 18.9. The summed E-state index contributed by atoms with van der Waals surface area (Å²) >= 11 is 0. The standard InChI is InChI=1S/C20H26N2O2/c23-19(22-14-4-2-1-3-5-15-22)13-8-16-6-9-17(10-7-16)20(24)21-18-11-12-18/h6-10,13,18H,1-5,11-12,14-15H2,(H,21,24). The summed E-state index contributed by atoms with van der Waals surface area (Å²) in [7, 11) is 0. The molecule has 4 heteroatoms. The number of rotatable bonds is 4. The second-order valence-corrected chi connectivity index (χ2v) is 6.80. The molecule has 4 nitrogen and oxygen atoms in total. The van der Waals surface area contributed by atoms with Crippen molar-refractivity contribution in [3.8, 4) is 0 Å². The lowest BCUT2D eigenvalue weighted by molar-refractivity contribution is -0.126. The van der Waals surface area contributed by atoms with Crippen molar-refractivity contribution < 1.29 is 9.59 Å². The van der Waals surface area contributed by atoms with Gasteiger partial charge in [-0.05, 0) is 49.5 Å². The molecule has 0 aromatic heterocycles. The number of carbonyl (C=O) groups excluding carboxylic acids is 2. The van der Waals surface area contributed by atoms with Gasteiger partial charge in [-0.2, -0.15) is 0 Å². The number of carbonyl (C=O) groups is 2. The maximum Gasteiger partial charge on any atom is 0.251 e. The molecule has 1 aromatic carbocycles. The van der Waals surface area contributed by atoms with Gasteiger partial charge in [0.05, 0.1) is 0 Å². The predicted octanol–water partition coefficient (Wildman–Crippen LogP) is 3.38. The first-order valence-electron chi connectivity index (χ1n) is 9.10. The van der Waals surface area contributed by atoms with Gasteiger partial charge in [-0.25, -0.2) is 0 Å². The van der Waals surface area contributed by atoms with Crippen molar-refractivity contribution in [1.29, 1.82) is 0 Å². The summed E-state index contributed by atoms with van der Waals surface area (Å²) in [5.41, 5.74) is 1.62. The zero-order valence-electron chi connectivity index (χ0n) is 14.2. The molecule has 1 saturated carbocycles. The molecule has 1 aliphatic heterocycles. The molecule has 1 aliphatic carbocycles. The topological polar surface area (TPSA) is 49.4 Å². The number of hydrogen-bond acceptors (Lipinski definition) is 2. The highest BCUT2D eigenvalue weighted by Crippen LogP contribution is 2.19. The minimum atomic E-state index is -0.00950. The molecule has 3 rings (SSSR count). The first-order chi connectivity index (χ1) is 11.7. The lowest BCUT2D eigenvalue weighted by atomic mass is 10.1. The Hall–Kier alpha value is -2.10. The summed E-state index contributed by atoms with van der Waals surface area (Å²) in [5, 5.41) is 2.98. The van der Waals surface area contributed by atoms with E-state index in [4.69, 9.17) is 0 Å². The van der Waals surface area contributed by atoms with Crippen molar-refractivity contribution in [1.82, 2.24) is 10.2 Å². The average Bonchev–Trinajstić information content (AvgIpc) is 3.37. The Morgan fingerprint density at radius 1 is 0.958 bits per heavy atom. The van der Waals surface area contributed by atoms with Gasteiger partial charge >= 0.3 is 0 Å². The first-order valence-corrected chi connectivity index (χ1v) is 9.10. The van der Waals surface area contributed by atoms with Crippen LogP contribution in [0.15, 0.2) is 30.3 Å². The van der Waals surface area contributed by atoms with E-state index in [1.807, 2.05) is 35.2 Å². The van der Waals surface area contributed by atoms with E-state index >= 15 is 0 Å². The highest BCUT2D eigenvalue weighted by Gasteiger charge is 2.23. The van der Waals surface area contributed by atoms with Crippen molar-refractivity contribution >= 4 is 17.9 Å². The SMILES string of the molecule is O=C(NC1CC1)c1ccc(C=CC(=O)N2CCCCCCC2)cc1. The Balaban J connectivity index is 1.54. The van der Waals surface area contributed by atoms with Crippen LogP contribution in [0.2, 0.25) is 0 Å². The van der Waals surface area contributed by atoms with E-state index in [1.54, 1.807) is 6.08 Å². The average molecular weight is 326 g/mol. The van der Waals surface area contributed by atoms with Gasteiger partial charge in [0, 0.05) is 30.8 Å². The van der Waals surface area contributed by atoms with Crippen LogP contribution in [0.1, 0.15) is 60.9 Å². The quantitative estimate of drug-likeness (QED) is 0.862. The first kappa shape index (κ1) is 16.7. The summed E-state index contributed by atoms with van der Waals surface area (Å²) in [6, 6.07) is 7.78. The number of benzene rings is 1. The zero-order chi connectivity index (χ0) is 16.8. The maximum absolute atomic E-state index is 12.3. The van der Waals surface area contributed by atoms with Gasteiger partial charge in [-0.3, -0.25) is 9.59 Å². The van der Waals surface area contributed by atoms with Crippen molar-refractivity contribution in [3.63, 3.8) is 0 Å². The lowest BCUT2D eigenvalue weighted by Crippen LogP contribution is -2.32. The van der Waals surface area contributed by atoms with E-state index in [1.165, 1.54) is 19.3 Å². The Kier molecular flexibility index (Phi) is 5.68. The molecule has 0 radical (unpaired) electrons. The van der Waals surface area contributed by atoms with Gasteiger partial charge in [-0.15, -0.1) is 0 Å². The number of hydrogen-bond donors (Lipinski definition) is 1. The maximum atomic E-state index is 12.3. The van der Waals surface area contributed by atoms with E-state index in [9.17, 15) is 9.59 Å². The van der Waals surface area contributed by atoms with Gasteiger partial charge in [0.1, 0.15) is 0 Å². The van der Waals surface area contributed by atoms with Crippen molar-refractivity contribution in [2.45, 2.75) is 51.0 Å². The van der Waals surface area contributed by atoms with Crippen LogP contribution in [0.5, 0.6) is 0 Å². The van der Waals surface area contributed by atoms with E-state index in [0.29, 0.717) is 11.6 Å². The Bertz CT molecular complexity index is 595. The predicted molar refractivity (Wildman–Crippen MR) is 95.6 cm³/mol. The minimum absolute atomic E-state index is 0.00950. The van der Waals surface area contributed by atoms with Crippen LogP contribution in [0.3, 0.4) is 0 Å². The summed E-state index contributed by atoms with van der Waals surface area (Å²) in [6.45, 7) is 1.73. The number of amides is 2. The van der Waals surface area contributed by atoms with E-state index < -0.39 is 0 Å². The molecule has 0 spiro atoms. The molecular weight excluding hydrogens is 300 g/mol. The fraction of sp³-hybridized carbons (Fsp3) is 0.500. The van der Waals surface area contributed by atoms with E-state index in [-0.39, 0.29) is 11.8 Å². The Morgan fingerprint density at radius 3 is 2.21 bits per heavy atom. The molecule has 0 unspecified atom stereocenters. The highest BCUT2D eigenvalue weighted by atomic mass is 16.2. The molecule has 1 N–H and O–H groups in total. The van der Waals surface area contributed by atoms with Crippen LogP contribution >= 0.6 is 0 Å². The second kappa shape index (κ2) is 8.13. The van der Waals surface area contributed by atoms with E-state index in [2.05, 4.69) is 5.32 Å². The molecule has 1 heterocycles. The van der Waals surface area contributed by atoms with Crippen LogP contribution in [0.25, 0.3) is 6.08 Å². The highest BCUT2D eigenvalue weighted by molar-refractivity contribution is 5.95. The van der Waals surface area contributed by atoms with E-state index in [0.717, 1.165) is 44.3 Å². The van der Waals surface area contributed by atoms with Crippen LogP contribution in [-0.2, 0) is 4.79 Å². The molecular formula is C20H26N2O2. The molecule has 0 bridgehead atoms. The summed E-state index contributed by atoms with van der Waals surface area (Å²) in [5.74, 6) is 0.0807. The minimum Gasteiger partial charge on any atom is -0.349 e. The fourth-order valence-electron chi connectivity index (χ4n) is 2.98. The molecule has 0 atom stereocenters. The number of nitrogens with zero attached hydrogens (tertiary/aromatic N) is 1. The third kappa shape index (κ3) is 4.95. The Labute approximate surface area is 143 Å². The van der Waals surface area contributed by atoms with Crippen molar-refractivity contribution in [2.24, 2.45) is 0 Å². The van der Waals surface area contributed by atoms with Gasteiger partial charge in [0.2, 0.25) is 5.91 Å². The van der Waals surface area contributed by atoms with Crippen molar-refractivity contribution in [2.75, 3.05) is 13.1 Å². The lowest BCUT2D eigenvalue weighted by Gasteiger charge is -2.23. The fourth-order valence-corrected chi connectivity index (χ4v) is 2.98. The largest absolute Gasteiger partial charge is 0.349 e. The van der Waals surface area contributed by atoms with Crippen LogP contribution in [-0.4, -0.2) is 35.8 Å². The number of likely N-dealkylation sites (tertiary alicyclic amines) is 1. The second-order valence-electron chi connectivity index (χ2n) is 6.80. The van der Waals surface area contributed by atoms with Crippen LogP contribution in [0.4, 0.5) is 0 Å². The zero-order valence-corrected chi connectivity index (χ0v) is 14.2. The molecule has 2 amide bonds. The van der Waals surface area contributed by atoms with Gasteiger partial charge in [0.25, 0.3) is 5.91 Å². The third-order valence-electron chi connectivity index (χ3n) is 4.67. The molecule has 1 saturated heterocycles. The Morgan fingerprint density at radius 2 is 1.58 bits per heavy atom. The van der Waals surface area contributed by atoms with Gasteiger partial charge < -0.3 is 10.2 Å². The summed E-state index contributed by atoms with van der Waals surface area (Å²) in [6.07, 6.45) is 11.6. The van der Waals surface area contributed by atoms with Gasteiger partial charge in [-0.1, -0.05) is 31.4 Å². The molecule has 2 aliphatic rings. The van der Waals surface area contributed by atoms with Crippen LogP contribution < -0.4 is 5.32 Å². The van der Waals surface area contributed by atoms with Crippen LogP contribution in [0, 0.1) is 0 Å². The molecule has 1 aromatic rings. The third-order valence-corrected chi connectivity index (χ3v) is 4.67. The summed E-state index contributed by atoms with van der Waals surface area (Å²) in [4.78, 5) is 26.2. The smallest absolute Gasteiger partial charge is 0.251 e. The van der Waals surface area contributed by atoms with Crippen molar-refractivity contribution in [3.05, 3.63) is 41.5 Å². The number of nitrogens with one attached hydrogen (secondary N) is 1. The monoisotopic (exact) mass is 326 g/mol.